The summed E-state index contributed by atoms with van der Waals surface area (Å²) in [6, 6.07) is 9.98. The molecule has 1 rings (SSSR count). The molecule has 1 aromatic carbocycles. The molecule has 0 spiro atoms. The van der Waals surface area contributed by atoms with E-state index in [-0.39, 0.29) is 5.97 Å². The molecule has 20 heavy (non-hydrogen) atoms. The van der Waals surface area contributed by atoms with Gasteiger partial charge in [-0.25, -0.2) is 0 Å². The summed E-state index contributed by atoms with van der Waals surface area (Å²) in [5, 5.41) is 0. The Hall–Kier alpha value is -1.35. The Morgan fingerprint density at radius 1 is 1.00 bits per heavy atom. The van der Waals surface area contributed by atoms with Crippen LogP contribution in [-0.4, -0.2) is 19.2 Å². The fraction of sp³-hybridized carbons (Fsp3) is 0.588. The van der Waals surface area contributed by atoms with Crippen molar-refractivity contribution in [2.24, 2.45) is 0 Å². The highest BCUT2D eigenvalue weighted by atomic mass is 16.6. The number of benzene rings is 1. The first kappa shape index (κ1) is 16.7. The Labute approximate surface area is 122 Å². The van der Waals surface area contributed by atoms with Gasteiger partial charge in [-0.3, -0.25) is 4.79 Å². The smallest absolute Gasteiger partial charge is 0.305 e. The van der Waals surface area contributed by atoms with Gasteiger partial charge in [-0.05, 0) is 12.0 Å². The molecule has 0 bridgehead atoms. The van der Waals surface area contributed by atoms with Crippen molar-refractivity contribution in [2.75, 3.05) is 13.2 Å². The third-order valence-corrected chi connectivity index (χ3v) is 3.09. The normalized spacial score (nSPS) is 10.4. The molecule has 0 amide bonds. The second-order valence-electron chi connectivity index (χ2n) is 4.92. The van der Waals surface area contributed by atoms with E-state index in [9.17, 15) is 4.79 Å². The average Bonchev–Trinajstić information content (AvgIpc) is 2.48. The van der Waals surface area contributed by atoms with Gasteiger partial charge in [0.1, 0.15) is 6.61 Å². The maximum atomic E-state index is 11.4. The molecule has 0 N–H and O–H groups in total. The number of carbonyl (C=O) groups excluding carboxylic acids is 1. The van der Waals surface area contributed by atoms with Crippen molar-refractivity contribution in [3.63, 3.8) is 0 Å². The highest BCUT2D eigenvalue weighted by Gasteiger charge is 2.02. The van der Waals surface area contributed by atoms with Gasteiger partial charge >= 0.3 is 5.97 Å². The van der Waals surface area contributed by atoms with E-state index in [4.69, 9.17) is 9.47 Å². The maximum absolute atomic E-state index is 11.4. The maximum Gasteiger partial charge on any atom is 0.305 e. The summed E-state index contributed by atoms with van der Waals surface area (Å²) < 4.78 is 10.6. The monoisotopic (exact) mass is 278 g/mol. The van der Waals surface area contributed by atoms with Crippen LogP contribution in [0.25, 0.3) is 0 Å². The molecule has 0 aliphatic carbocycles. The zero-order valence-electron chi connectivity index (χ0n) is 12.5. The molecular formula is C17H26O3. The number of unbranched alkanes of at least 4 members (excludes halogenated alkanes) is 4. The van der Waals surface area contributed by atoms with Gasteiger partial charge in [0, 0.05) is 6.42 Å². The van der Waals surface area contributed by atoms with Gasteiger partial charge in [0.25, 0.3) is 0 Å². The summed E-state index contributed by atoms with van der Waals surface area (Å²) in [6.45, 7) is 3.55. The van der Waals surface area contributed by atoms with Gasteiger partial charge in [0.2, 0.25) is 0 Å². The molecule has 0 fully saturated rings. The standard InChI is InChI=1S/C17H26O3/c1-2-3-4-5-9-12-17(18)20-14-13-19-15-16-10-7-6-8-11-16/h6-8,10-11H,2-5,9,12-15H2,1H3. The summed E-state index contributed by atoms with van der Waals surface area (Å²) in [4.78, 5) is 11.4. The van der Waals surface area contributed by atoms with Crippen LogP contribution in [0.3, 0.4) is 0 Å². The van der Waals surface area contributed by atoms with Crippen molar-refractivity contribution in [3.8, 4) is 0 Å². The lowest BCUT2D eigenvalue weighted by atomic mass is 10.1. The van der Waals surface area contributed by atoms with E-state index >= 15 is 0 Å². The zero-order valence-corrected chi connectivity index (χ0v) is 12.5. The highest BCUT2D eigenvalue weighted by molar-refractivity contribution is 5.69. The number of ether oxygens (including phenoxy) is 2. The Balaban J connectivity index is 1.91. The van der Waals surface area contributed by atoms with Crippen LogP contribution in [-0.2, 0) is 20.9 Å². The molecule has 0 saturated carbocycles. The Morgan fingerprint density at radius 2 is 1.75 bits per heavy atom. The molecule has 0 saturated heterocycles. The van der Waals surface area contributed by atoms with Crippen LogP contribution >= 0.6 is 0 Å². The molecule has 1 aromatic rings. The SMILES string of the molecule is CCCCCCCC(=O)OCCOCc1ccccc1. The molecule has 0 aromatic heterocycles. The molecule has 3 heteroatoms. The van der Waals surface area contributed by atoms with Crippen molar-refractivity contribution in [3.05, 3.63) is 35.9 Å². The topological polar surface area (TPSA) is 35.5 Å². The zero-order chi connectivity index (χ0) is 14.5. The first-order chi connectivity index (χ1) is 9.83. The minimum atomic E-state index is -0.107. The van der Waals surface area contributed by atoms with Crippen LogP contribution in [0.4, 0.5) is 0 Å². The largest absolute Gasteiger partial charge is 0.463 e. The van der Waals surface area contributed by atoms with Gasteiger partial charge in [0.05, 0.1) is 13.2 Å². The molecule has 0 aliphatic heterocycles. The number of esters is 1. The summed E-state index contributed by atoms with van der Waals surface area (Å²) >= 11 is 0. The minimum absolute atomic E-state index is 0.107. The van der Waals surface area contributed by atoms with Crippen molar-refractivity contribution < 1.29 is 14.3 Å². The number of hydrogen-bond acceptors (Lipinski definition) is 3. The van der Waals surface area contributed by atoms with Gasteiger partial charge in [-0.2, -0.15) is 0 Å². The number of rotatable bonds is 11. The summed E-state index contributed by atoms with van der Waals surface area (Å²) in [7, 11) is 0. The van der Waals surface area contributed by atoms with E-state index in [0.29, 0.717) is 26.2 Å². The van der Waals surface area contributed by atoms with Crippen molar-refractivity contribution in [1.29, 1.82) is 0 Å². The van der Waals surface area contributed by atoms with Crippen molar-refractivity contribution in [1.82, 2.24) is 0 Å². The second kappa shape index (κ2) is 11.5. The summed E-state index contributed by atoms with van der Waals surface area (Å²) in [5.74, 6) is -0.107. The average molecular weight is 278 g/mol. The Bertz CT molecular complexity index is 349. The molecule has 112 valence electrons. The van der Waals surface area contributed by atoms with Gasteiger partial charge in [-0.15, -0.1) is 0 Å². The lowest BCUT2D eigenvalue weighted by Crippen LogP contribution is -2.10. The fourth-order valence-electron chi connectivity index (χ4n) is 1.92. The predicted molar refractivity (Wildman–Crippen MR) is 80.4 cm³/mol. The van der Waals surface area contributed by atoms with Crippen LogP contribution < -0.4 is 0 Å². The molecule has 0 heterocycles. The quantitative estimate of drug-likeness (QED) is 0.451. The molecular weight excluding hydrogens is 252 g/mol. The third kappa shape index (κ3) is 8.70. The minimum Gasteiger partial charge on any atom is -0.463 e. The van der Waals surface area contributed by atoms with Crippen LogP contribution in [0.2, 0.25) is 0 Å². The summed E-state index contributed by atoms with van der Waals surface area (Å²) in [6.07, 6.45) is 6.27. The fourth-order valence-corrected chi connectivity index (χ4v) is 1.92. The molecule has 0 atom stereocenters. The van der Waals surface area contributed by atoms with Crippen molar-refractivity contribution in [2.45, 2.75) is 52.1 Å². The van der Waals surface area contributed by atoms with E-state index < -0.39 is 0 Å². The lowest BCUT2D eigenvalue weighted by Gasteiger charge is -2.06. The predicted octanol–water partition coefficient (Wildman–Crippen LogP) is 4.11. The van der Waals surface area contributed by atoms with Gasteiger partial charge < -0.3 is 9.47 Å². The second-order valence-corrected chi connectivity index (χ2v) is 4.92. The van der Waals surface area contributed by atoms with Crippen LogP contribution in [0.1, 0.15) is 51.0 Å². The van der Waals surface area contributed by atoms with E-state index in [1.807, 2.05) is 30.3 Å². The van der Waals surface area contributed by atoms with Crippen molar-refractivity contribution >= 4 is 5.97 Å². The van der Waals surface area contributed by atoms with Gasteiger partial charge in [0.15, 0.2) is 0 Å². The first-order valence-electron chi connectivity index (χ1n) is 7.60. The Morgan fingerprint density at radius 3 is 2.50 bits per heavy atom. The Kier molecular flexibility index (Phi) is 9.58. The number of carbonyl (C=O) groups is 1. The lowest BCUT2D eigenvalue weighted by molar-refractivity contribution is -0.145. The molecule has 0 unspecified atom stereocenters. The van der Waals surface area contributed by atoms with Crippen LogP contribution in [0.5, 0.6) is 0 Å². The van der Waals surface area contributed by atoms with E-state index in [1.54, 1.807) is 0 Å². The molecule has 0 radical (unpaired) electrons. The number of hydrogen-bond donors (Lipinski definition) is 0. The third-order valence-electron chi connectivity index (χ3n) is 3.09. The van der Waals surface area contributed by atoms with Crippen LogP contribution in [0, 0.1) is 0 Å². The summed E-state index contributed by atoms with van der Waals surface area (Å²) in [5.41, 5.74) is 1.13. The van der Waals surface area contributed by atoms with E-state index in [1.165, 1.54) is 19.3 Å². The van der Waals surface area contributed by atoms with Gasteiger partial charge in [-0.1, -0.05) is 62.9 Å². The van der Waals surface area contributed by atoms with E-state index in [0.717, 1.165) is 18.4 Å². The van der Waals surface area contributed by atoms with Crippen LogP contribution in [0.15, 0.2) is 30.3 Å². The van der Waals surface area contributed by atoms with E-state index in [2.05, 4.69) is 6.92 Å². The highest BCUT2D eigenvalue weighted by Crippen LogP contribution is 2.05. The molecule has 0 aliphatic rings. The first-order valence-corrected chi connectivity index (χ1v) is 7.60. The molecule has 3 nitrogen and oxygen atoms in total.